The zero-order valence-corrected chi connectivity index (χ0v) is 12.6. The molecule has 1 atom stereocenters. The highest BCUT2D eigenvalue weighted by molar-refractivity contribution is 9.10. The Morgan fingerprint density at radius 2 is 2.21 bits per heavy atom. The number of benzene rings is 1. The molecule has 0 spiro atoms. The standard InChI is InChI=1S/C14H17BrFN3/c1-3-13-10(8-19(2)18-13)12(17)7-9-5-4-6-11(16)14(9)15/h4-6,8,12H,3,7,17H2,1-2H3. The first-order chi connectivity index (χ1) is 9.02. The van der Waals surface area contributed by atoms with Gasteiger partial charge in [-0.1, -0.05) is 19.1 Å². The normalized spacial score (nSPS) is 12.7. The number of aryl methyl sites for hydroxylation is 2. The molecule has 0 amide bonds. The maximum atomic E-state index is 13.5. The van der Waals surface area contributed by atoms with E-state index in [4.69, 9.17) is 5.73 Å². The lowest BCUT2D eigenvalue weighted by molar-refractivity contribution is 0.614. The van der Waals surface area contributed by atoms with Gasteiger partial charge in [-0.05, 0) is 40.4 Å². The molecule has 2 aromatic rings. The fourth-order valence-electron chi connectivity index (χ4n) is 2.19. The summed E-state index contributed by atoms with van der Waals surface area (Å²) in [7, 11) is 1.88. The molecule has 0 bridgehead atoms. The molecule has 3 nitrogen and oxygen atoms in total. The molecule has 19 heavy (non-hydrogen) atoms. The topological polar surface area (TPSA) is 43.8 Å². The van der Waals surface area contributed by atoms with Crippen molar-refractivity contribution < 1.29 is 4.39 Å². The van der Waals surface area contributed by atoms with Crippen molar-refractivity contribution in [3.05, 3.63) is 51.5 Å². The van der Waals surface area contributed by atoms with E-state index < -0.39 is 0 Å². The number of nitrogens with two attached hydrogens (primary N) is 1. The van der Waals surface area contributed by atoms with Gasteiger partial charge >= 0.3 is 0 Å². The van der Waals surface area contributed by atoms with Gasteiger partial charge in [-0.15, -0.1) is 0 Å². The van der Waals surface area contributed by atoms with Crippen molar-refractivity contribution in [1.82, 2.24) is 9.78 Å². The van der Waals surface area contributed by atoms with Crippen molar-refractivity contribution in [2.45, 2.75) is 25.8 Å². The van der Waals surface area contributed by atoms with E-state index in [1.54, 1.807) is 10.7 Å². The third-order valence-electron chi connectivity index (χ3n) is 3.14. The monoisotopic (exact) mass is 325 g/mol. The Morgan fingerprint density at radius 1 is 1.47 bits per heavy atom. The van der Waals surface area contributed by atoms with Crippen LogP contribution in [0, 0.1) is 5.82 Å². The summed E-state index contributed by atoms with van der Waals surface area (Å²) in [6.07, 6.45) is 3.36. The van der Waals surface area contributed by atoms with Gasteiger partial charge in [-0.2, -0.15) is 5.10 Å². The maximum absolute atomic E-state index is 13.5. The Kier molecular flexibility index (Phi) is 4.37. The average Bonchev–Trinajstić information content (AvgIpc) is 2.76. The van der Waals surface area contributed by atoms with Gasteiger partial charge in [0.15, 0.2) is 0 Å². The van der Waals surface area contributed by atoms with Gasteiger partial charge in [-0.3, -0.25) is 4.68 Å². The lowest BCUT2D eigenvalue weighted by atomic mass is 9.99. The Balaban J connectivity index is 2.25. The predicted octanol–water partition coefficient (Wildman–Crippen LogP) is 3.13. The number of hydrogen-bond acceptors (Lipinski definition) is 2. The minimum absolute atomic E-state index is 0.179. The Hall–Kier alpha value is -1.20. The highest BCUT2D eigenvalue weighted by Gasteiger charge is 2.16. The van der Waals surface area contributed by atoms with Crippen LogP contribution < -0.4 is 5.73 Å². The van der Waals surface area contributed by atoms with Crippen molar-refractivity contribution in [1.29, 1.82) is 0 Å². The minimum atomic E-state index is -0.258. The second kappa shape index (κ2) is 5.84. The zero-order chi connectivity index (χ0) is 14.0. The summed E-state index contributed by atoms with van der Waals surface area (Å²) in [5, 5.41) is 4.38. The summed E-state index contributed by atoms with van der Waals surface area (Å²) in [5.41, 5.74) is 9.14. The molecule has 102 valence electrons. The Bertz CT molecular complexity index is 580. The van der Waals surface area contributed by atoms with Crippen LogP contribution in [0.4, 0.5) is 4.39 Å². The first kappa shape index (κ1) is 14.2. The molecule has 0 saturated carbocycles. The van der Waals surface area contributed by atoms with Gasteiger partial charge in [0.2, 0.25) is 0 Å². The van der Waals surface area contributed by atoms with Crippen LogP contribution in [0.15, 0.2) is 28.9 Å². The van der Waals surface area contributed by atoms with Crippen LogP contribution in [0.2, 0.25) is 0 Å². The summed E-state index contributed by atoms with van der Waals surface area (Å²) in [5.74, 6) is -0.258. The third-order valence-corrected chi connectivity index (χ3v) is 4.03. The van der Waals surface area contributed by atoms with Gasteiger partial charge < -0.3 is 5.73 Å². The van der Waals surface area contributed by atoms with E-state index in [0.29, 0.717) is 10.9 Å². The molecule has 5 heteroatoms. The number of aromatic nitrogens is 2. The number of hydrogen-bond donors (Lipinski definition) is 1. The summed E-state index contributed by atoms with van der Waals surface area (Å²) < 4.78 is 15.7. The van der Waals surface area contributed by atoms with Crippen molar-refractivity contribution in [3.8, 4) is 0 Å². The first-order valence-electron chi connectivity index (χ1n) is 6.23. The van der Waals surface area contributed by atoms with Crippen LogP contribution in [0.1, 0.15) is 29.8 Å². The van der Waals surface area contributed by atoms with Crippen molar-refractivity contribution in [2.75, 3.05) is 0 Å². The molecule has 0 radical (unpaired) electrons. The molecule has 0 fully saturated rings. The lowest BCUT2D eigenvalue weighted by Crippen LogP contribution is -2.15. The molecule has 0 aliphatic heterocycles. The lowest BCUT2D eigenvalue weighted by Gasteiger charge is -2.13. The molecule has 1 heterocycles. The third kappa shape index (κ3) is 3.04. The van der Waals surface area contributed by atoms with Gasteiger partial charge in [0.1, 0.15) is 5.82 Å². The van der Waals surface area contributed by atoms with E-state index >= 15 is 0 Å². The molecule has 2 N–H and O–H groups in total. The highest BCUT2D eigenvalue weighted by Crippen LogP contribution is 2.26. The predicted molar refractivity (Wildman–Crippen MR) is 77.3 cm³/mol. The van der Waals surface area contributed by atoms with E-state index in [1.165, 1.54) is 6.07 Å². The number of halogens is 2. The van der Waals surface area contributed by atoms with Crippen molar-refractivity contribution >= 4 is 15.9 Å². The molecule has 0 aliphatic rings. The second-order valence-electron chi connectivity index (χ2n) is 4.58. The summed E-state index contributed by atoms with van der Waals surface area (Å²) in [4.78, 5) is 0. The van der Waals surface area contributed by atoms with Gasteiger partial charge in [0, 0.05) is 24.8 Å². The van der Waals surface area contributed by atoms with Crippen LogP contribution in [0.25, 0.3) is 0 Å². The molecule has 1 aromatic heterocycles. The molecule has 1 unspecified atom stereocenters. The minimum Gasteiger partial charge on any atom is -0.324 e. The Morgan fingerprint density at radius 3 is 2.89 bits per heavy atom. The molecule has 0 aliphatic carbocycles. The first-order valence-corrected chi connectivity index (χ1v) is 7.03. The average molecular weight is 326 g/mol. The van der Waals surface area contributed by atoms with Crippen LogP contribution in [-0.2, 0) is 19.9 Å². The SMILES string of the molecule is CCc1nn(C)cc1C(N)Cc1cccc(F)c1Br. The highest BCUT2D eigenvalue weighted by atomic mass is 79.9. The molecule has 0 saturated heterocycles. The number of nitrogens with zero attached hydrogens (tertiary/aromatic N) is 2. The Labute approximate surface area is 120 Å². The molecular formula is C14H17BrFN3. The summed E-state index contributed by atoms with van der Waals surface area (Å²) in [6.45, 7) is 2.05. The molecule has 1 aromatic carbocycles. The zero-order valence-electron chi connectivity index (χ0n) is 11.0. The fraction of sp³-hybridized carbons (Fsp3) is 0.357. The van der Waals surface area contributed by atoms with Gasteiger partial charge in [0.05, 0.1) is 10.2 Å². The van der Waals surface area contributed by atoms with Gasteiger partial charge in [0.25, 0.3) is 0 Å². The van der Waals surface area contributed by atoms with Crippen LogP contribution >= 0.6 is 15.9 Å². The second-order valence-corrected chi connectivity index (χ2v) is 5.37. The number of rotatable bonds is 4. The van der Waals surface area contributed by atoms with Crippen LogP contribution in [0.3, 0.4) is 0 Å². The van der Waals surface area contributed by atoms with Crippen LogP contribution in [0.5, 0.6) is 0 Å². The van der Waals surface area contributed by atoms with E-state index in [9.17, 15) is 4.39 Å². The van der Waals surface area contributed by atoms with E-state index in [1.807, 2.05) is 19.3 Å². The van der Waals surface area contributed by atoms with E-state index in [-0.39, 0.29) is 11.9 Å². The van der Waals surface area contributed by atoms with Gasteiger partial charge in [-0.25, -0.2) is 4.39 Å². The smallest absolute Gasteiger partial charge is 0.137 e. The maximum Gasteiger partial charge on any atom is 0.137 e. The van der Waals surface area contributed by atoms with Crippen molar-refractivity contribution in [2.24, 2.45) is 12.8 Å². The van der Waals surface area contributed by atoms with Crippen LogP contribution in [-0.4, -0.2) is 9.78 Å². The molecular weight excluding hydrogens is 309 g/mol. The van der Waals surface area contributed by atoms with E-state index in [2.05, 4.69) is 28.0 Å². The quantitative estimate of drug-likeness (QED) is 0.938. The molecule has 2 rings (SSSR count). The van der Waals surface area contributed by atoms with Crippen molar-refractivity contribution in [3.63, 3.8) is 0 Å². The fourth-order valence-corrected chi connectivity index (χ4v) is 2.62. The summed E-state index contributed by atoms with van der Waals surface area (Å²) >= 11 is 3.27. The summed E-state index contributed by atoms with van der Waals surface area (Å²) in [6, 6.07) is 4.84. The largest absolute Gasteiger partial charge is 0.324 e. The van der Waals surface area contributed by atoms with E-state index in [0.717, 1.165) is 23.2 Å².